The highest BCUT2D eigenvalue weighted by atomic mass is 79.9. The fraction of sp³-hybridized carbons (Fsp3) is 0.212. The summed E-state index contributed by atoms with van der Waals surface area (Å²) in [6.45, 7) is 1.33. The predicted octanol–water partition coefficient (Wildman–Crippen LogP) is 6.00. The monoisotopic (exact) mass is 697 g/mol. The molecule has 4 aromatic carbocycles. The van der Waals surface area contributed by atoms with E-state index in [1.54, 1.807) is 18.2 Å². The Hall–Kier alpha value is -3.86. The molecule has 0 spiro atoms. The summed E-state index contributed by atoms with van der Waals surface area (Å²) in [4.78, 5) is 29.2. The van der Waals surface area contributed by atoms with Crippen molar-refractivity contribution in [3.8, 4) is 5.75 Å². The van der Waals surface area contributed by atoms with Crippen LogP contribution in [-0.2, 0) is 32.6 Å². The number of carbonyl (C=O) groups excluding carboxylic acids is 2. The Balaban J connectivity index is 1.81. The molecule has 0 heterocycles. The topological polar surface area (TPSA) is 96.0 Å². The molecule has 44 heavy (non-hydrogen) atoms. The van der Waals surface area contributed by atoms with Crippen LogP contribution in [0, 0.1) is 6.92 Å². The Labute approximate surface area is 271 Å². The maximum Gasteiger partial charge on any atom is 0.264 e. The summed E-state index contributed by atoms with van der Waals surface area (Å²) in [5.41, 5.74) is 2.66. The molecule has 1 atom stereocenters. The quantitative estimate of drug-likeness (QED) is 0.196. The number of carbonyl (C=O) groups is 2. The van der Waals surface area contributed by atoms with Gasteiger partial charge in [0.15, 0.2) is 0 Å². The van der Waals surface area contributed by atoms with Gasteiger partial charge in [-0.15, -0.1) is 0 Å². The number of hydrogen-bond donors (Lipinski definition) is 1. The number of anilines is 1. The van der Waals surface area contributed by atoms with Crippen LogP contribution in [0.1, 0.15) is 16.7 Å². The molecule has 11 heteroatoms. The summed E-state index contributed by atoms with van der Waals surface area (Å²) >= 11 is 9.89. The number of benzene rings is 4. The van der Waals surface area contributed by atoms with Crippen molar-refractivity contribution in [1.82, 2.24) is 10.2 Å². The molecule has 8 nitrogen and oxygen atoms in total. The van der Waals surface area contributed by atoms with E-state index in [-0.39, 0.29) is 34.5 Å². The Morgan fingerprint density at radius 1 is 0.932 bits per heavy atom. The molecule has 4 rings (SSSR count). The van der Waals surface area contributed by atoms with Crippen LogP contribution in [0.4, 0.5) is 5.69 Å². The van der Waals surface area contributed by atoms with Crippen molar-refractivity contribution in [1.29, 1.82) is 0 Å². The maximum absolute atomic E-state index is 14.4. The van der Waals surface area contributed by atoms with Crippen molar-refractivity contribution >= 4 is 55.1 Å². The highest BCUT2D eigenvalue weighted by molar-refractivity contribution is 9.10. The minimum atomic E-state index is -4.25. The molecule has 0 aliphatic carbocycles. The van der Waals surface area contributed by atoms with Crippen LogP contribution in [0.5, 0.6) is 5.75 Å². The van der Waals surface area contributed by atoms with E-state index in [0.717, 1.165) is 25.5 Å². The molecular weight excluding hydrogens is 666 g/mol. The van der Waals surface area contributed by atoms with E-state index < -0.39 is 28.5 Å². The van der Waals surface area contributed by atoms with Crippen LogP contribution in [0.25, 0.3) is 0 Å². The zero-order valence-corrected chi connectivity index (χ0v) is 27.7. The summed E-state index contributed by atoms with van der Waals surface area (Å²) in [6.07, 6.45) is 0.222. The average Bonchev–Trinajstić information content (AvgIpc) is 3.01. The minimum absolute atomic E-state index is 0.00789. The number of ether oxygens (including phenoxy) is 1. The van der Waals surface area contributed by atoms with Crippen molar-refractivity contribution in [2.24, 2.45) is 0 Å². The number of aryl methyl sites for hydroxylation is 1. The Kier molecular flexibility index (Phi) is 11.1. The second kappa shape index (κ2) is 14.7. The van der Waals surface area contributed by atoms with Gasteiger partial charge in [0.25, 0.3) is 10.0 Å². The number of amides is 2. The van der Waals surface area contributed by atoms with E-state index in [9.17, 15) is 18.0 Å². The summed E-state index contributed by atoms with van der Waals surface area (Å²) in [7, 11) is -1.28. The normalized spacial score (nSPS) is 11.8. The van der Waals surface area contributed by atoms with Crippen molar-refractivity contribution < 1.29 is 22.7 Å². The molecule has 0 saturated heterocycles. The lowest BCUT2D eigenvalue weighted by Gasteiger charge is -2.33. The number of halogens is 2. The molecular formula is C33H33BrClN3O5S. The van der Waals surface area contributed by atoms with E-state index in [4.69, 9.17) is 16.3 Å². The second-order valence-electron chi connectivity index (χ2n) is 10.1. The third kappa shape index (κ3) is 7.99. The Bertz CT molecular complexity index is 1720. The number of nitrogens with zero attached hydrogens (tertiary/aromatic N) is 2. The molecule has 0 unspecified atom stereocenters. The SMILES string of the molecule is CNC(=O)[C@H](Cc1ccccc1)N(Cc1cccc(Br)c1)C(=O)CN(c1ccc(OC)c(Cl)c1)S(=O)(=O)c1ccc(C)cc1. The Morgan fingerprint density at radius 3 is 2.23 bits per heavy atom. The number of sulfonamides is 1. The van der Waals surface area contributed by atoms with Crippen molar-refractivity contribution in [3.63, 3.8) is 0 Å². The predicted molar refractivity (Wildman–Crippen MR) is 176 cm³/mol. The van der Waals surface area contributed by atoms with Crippen LogP contribution in [0.15, 0.2) is 106 Å². The molecule has 0 aliphatic heterocycles. The zero-order chi connectivity index (χ0) is 31.9. The fourth-order valence-corrected chi connectivity index (χ4v) is 6.83. The summed E-state index contributed by atoms with van der Waals surface area (Å²) in [5, 5.41) is 2.86. The largest absolute Gasteiger partial charge is 0.495 e. The zero-order valence-electron chi connectivity index (χ0n) is 24.5. The lowest BCUT2D eigenvalue weighted by Crippen LogP contribution is -2.53. The molecule has 0 radical (unpaired) electrons. The van der Waals surface area contributed by atoms with Crippen LogP contribution in [0.2, 0.25) is 5.02 Å². The molecule has 1 N–H and O–H groups in total. The van der Waals surface area contributed by atoms with E-state index in [2.05, 4.69) is 21.2 Å². The molecule has 230 valence electrons. The van der Waals surface area contributed by atoms with Gasteiger partial charge in [-0.1, -0.05) is 87.7 Å². The first-order valence-corrected chi connectivity index (χ1v) is 16.4. The number of methoxy groups -OCH3 is 1. The summed E-state index contributed by atoms with van der Waals surface area (Å²) in [5.74, 6) is -0.594. The molecule has 0 fully saturated rings. The minimum Gasteiger partial charge on any atom is -0.495 e. The van der Waals surface area contributed by atoms with Crippen molar-refractivity contribution in [2.75, 3.05) is 25.0 Å². The van der Waals surface area contributed by atoms with Gasteiger partial charge >= 0.3 is 0 Å². The standard InChI is InChI=1S/C33H33BrClN3O5S/c1-23-12-15-28(16-13-23)44(41,42)38(27-14-17-31(43-3)29(35)20-27)22-32(39)37(21-25-10-7-11-26(34)18-25)30(33(40)36-2)19-24-8-5-4-6-9-24/h4-18,20,30H,19,21-22H2,1-3H3,(H,36,40)/t30-/m0/s1. The van der Waals surface area contributed by atoms with E-state index in [1.807, 2.05) is 61.5 Å². The first-order valence-electron chi connectivity index (χ1n) is 13.8. The molecule has 2 amide bonds. The van der Waals surface area contributed by atoms with Gasteiger partial charge < -0.3 is 15.0 Å². The first kappa shape index (κ1) is 33.0. The third-order valence-corrected chi connectivity index (χ3v) is 9.65. The number of rotatable bonds is 12. The van der Waals surface area contributed by atoms with Crippen LogP contribution in [-0.4, -0.2) is 51.9 Å². The van der Waals surface area contributed by atoms with E-state index in [1.165, 1.54) is 43.3 Å². The van der Waals surface area contributed by atoms with Gasteiger partial charge in [0.1, 0.15) is 18.3 Å². The van der Waals surface area contributed by atoms with Gasteiger partial charge in [-0.05, 0) is 60.5 Å². The number of likely N-dealkylation sites (N-methyl/N-ethyl adjacent to an activating group) is 1. The van der Waals surface area contributed by atoms with Gasteiger partial charge in [0.05, 0.1) is 22.7 Å². The second-order valence-corrected chi connectivity index (χ2v) is 13.3. The van der Waals surface area contributed by atoms with E-state index >= 15 is 0 Å². The van der Waals surface area contributed by atoms with Crippen LogP contribution < -0.4 is 14.4 Å². The van der Waals surface area contributed by atoms with Crippen LogP contribution in [0.3, 0.4) is 0 Å². The van der Waals surface area contributed by atoms with Crippen molar-refractivity contribution in [2.45, 2.75) is 30.8 Å². The van der Waals surface area contributed by atoms with Crippen molar-refractivity contribution in [3.05, 3.63) is 123 Å². The summed E-state index contributed by atoms with van der Waals surface area (Å²) in [6, 6.07) is 26.7. The van der Waals surface area contributed by atoms with Gasteiger partial charge in [-0.25, -0.2) is 8.42 Å². The smallest absolute Gasteiger partial charge is 0.264 e. The van der Waals surface area contributed by atoms with Gasteiger partial charge in [-0.2, -0.15) is 0 Å². The highest BCUT2D eigenvalue weighted by Gasteiger charge is 2.34. The van der Waals surface area contributed by atoms with Gasteiger partial charge in [0, 0.05) is 24.5 Å². The molecule has 0 aliphatic rings. The summed E-state index contributed by atoms with van der Waals surface area (Å²) < 4.78 is 35.3. The molecule has 0 saturated carbocycles. The lowest BCUT2D eigenvalue weighted by atomic mass is 10.0. The van der Waals surface area contributed by atoms with E-state index in [0.29, 0.717) is 5.75 Å². The first-order chi connectivity index (χ1) is 21.0. The molecule has 0 bridgehead atoms. The number of nitrogens with one attached hydrogen (secondary N) is 1. The third-order valence-electron chi connectivity index (χ3n) is 7.07. The molecule has 4 aromatic rings. The Morgan fingerprint density at radius 2 is 1.61 bits per heavy atom. The molecule has 0 aromatic heterocycles. The van der Waals surface area contributed by atoms with Gasteiger partial charge in [-0.3, -0.25) is 13.9 Å². The van der Waals surface area contributed by atoms with Gasteiger partial charge in [0.2, 0.25) is 11.8 Å². The maximum atomic E-state index is 14.4. The average molecular weight is 699 g/mol. The number of hydrogen-bond acceptors (Lipinski definition) is 5. The highest BCUT2D eigenvalue weighted by Crippen LogP contribution is 2.32. The van der Waals surface area contributed by atoms with Crippen LogP contribution >= 0.6 is 27.5 Å². The fourth-order valence-electron chi connectivity index (χ4n) is 4.73. The lowest BCUT2D eigenvalue weighted by molar-refractivity contribution is -0.139.